The largest absolute Gasteiger partial charge is 0.454 e. The first-order valence-electron chi connectivity index (χ1n) is 5.77. The summed E-state index contributed by atoms with van der Waals surface area (Å²) in [6, 6.07) is 5.45. The van der Waals surface area contributed by atoms with Crippen molar-refractivity contribution in [2.75, 3.05) is 12.5 Å². The van der Waals surface area contributed by atoms with E-state index in [1.165, 1.54) is 0 Å². The van der Waals surface area contributed by atoms with Crippen LogP contribution in [0.4, 0.5) is 0 Å². The van der Waals surface area contributed by atoms with Crippen molar-refractivity contribution in [1.82, 2.24) is 0 Å². The third-order valence-electron chi connectivity index (χ3n) is 3.33. The molecule has 2 aliphatic rings. The summed E-state index contributed by atoms with van der Waals surface area (Å²) < 4.78 is 10.3. The molecule has 0 aliphatic carbocycles. The molecule has 1 aromatic rings. The van der Waals surface area contributed by atoms with E-state index in [2.05, 4.69) is 0 Å². The molecule has 4 heteroatoms. The summed E-state index contributed by atoms with van der Waals surface area (Å²) >= 11 is 1.76. The van der Waals surface area contributed by atoms with Gasteiger partial charge in [-0.3, -0.25) is 4.79 Å². The van der Waals surface area contributed by atoms with Crippen molar-refractivity contribution in [1.29, 1.82) is 0 Å². The fourth-order valence-electron chi connectivity index (χ4n) is 2.30. The number of ketones is 1. The van der Waals surface area contributed by atoms with Crippen molar-refractivity contribution >= 4 is 17.5 Å². The minimum atomic E-state index is -0.256. The molecule has 0 bridgehead atoms. The maximum Gasteiger partial charge on any atom is 0.231 e. The Kier molecular flexibility index (Phi) is 2.54. The van der Waals surface area contributed by atoms with Gasteiger partial charge in [-0.1, -0.05) is 0 Å². The zero-order chi connectivity index (χ0) is 11.9. The summed E-state index contributed by atoms with van der Waals surface area (Å²) in [6.45, 7) is 2.29. The van der Waals surface area contributed by atoms with E-state index in [-0.39, 0.29) is 17.3 Å². The summed E-state index contributed by atoms with van der Waals surface area (Å²) in [5.41, 5.74) is 0.728. The molecule has 0 amide bonds. The molecule has 17 heavy (non-hydrogen) atoms. The van der Waals surface area contributed by atoms with E-state index in [1.807, 2.05) is 19.1 Å². The number of thioether (sulfide) groups is 1. The Balaban J connectivity index is 1.91. The van der Waals surface area contributed by atoms with Crippen LogP contribution in [0.15, 0.2) is 18.2 Å². The number of Topliss-reactive ketones (excluding diaryl/α,β-unsaturated/α-hetero) is 1. The Morgan fingerprint density at radius 1 is 1.35 bits per heavy atom. The highest BCUT2D eigenvalue weighted by atomic mass is 32.2. The average Bonchev–Trinajstić information content (AvgIpc) is 2.96. The average molecular weight is 250 g/mol. The number of hydrogen-bond donors (Lipinski definition) is 0. The fourth-order valence-corrected chi connectivity index (χ4v) is 3.58. The van der Waals surface area contributed by atoms with Gasteiger partial charge in [0.1, 0.15) is 0 Å². The Labute approximate surface area is 104 Å². The fraction of sp³-hybridized carbons (Fsp3) is 0.462. The van der Waals surface area contributed by atoms with Gasteiger partial charge in [-0.05, 0) is 43.7 Å². The van der Waals surface area contributed by atoms with Crippen LogP contribution in [-0.4, -0.2) is 23.1 Å². The first-order chi connectivity index (χ1) is 8.19. The SMILES string of the molecule is CC1(C(=O)c2ccc3c(c2)OCO3)CCCS1. The maximum absolute atomic E-state index is 12.5. The van der Waals surface area contributed by atoms with E-state index >= 15 is 0 Å². The highest BCUT2D eigenvalue weighted by Gasteiger charge is 2.38. The number of ether oxygens (including phenoxy) is 2. The van der Waals surface area contributed by atoms with Crippen molar-refractivity contribution in [2.24, 2.45) is 0 Å². The molecular weight excluding hydrogens is 236 g/mol. The molecule has 1 aromatic carbocycles. The van der Waals surface area contributed by atoms with Gasteiger partial charge in [-0.2, -0.15) is 0 Å². The number of rotatable bonds is 2. The van der Waals surface area contributed by atoms with Gasteiger partial charge in [0.15, 0.2) is 17.3 Å². The Hall–Kier alpha value is -1.16. The Morgan fingerprint density at radius 3 is 2.94 bits per heavy atom. The molecule has 0 aromatic heterocycles. The predicted molar refractivity (Wildman–Crippen MR) is 67.0 cm³/mol. The van der Waals surface area contributed by atoms with Crippen molar-refractivity contribution in [3.05, 3.63) is 23.8 Å². The molecule has 90 valence electrons. The van der Waals surface area contributed by atoms with Crippen LogP contribution in [-0.2, 0) is 0 Å². The zero-order valence-corrected chi connectivity index (χ0v) is 10.5. The van der Waals surface area contributed by atoms with E-state index in [0.717, 1.165) is 29.9 Å². The van der Waals surface area contributed by atoms with Gasteiger partial charge < -0.3 is 9.47 Å². The normalized spacial score (nSPS) is 26.2. The van der Waals surface area contributed by atoms with E-state index < -0.39 is 0 Å². The van der Waals surface area contributed by atoms with E-state index in [4.69, 9.17) is 9.47 Å². The van der Waals surface area contributed by atoms with Crippen molar-refractivity contribution < 1.29 is 14.3 Å². The summed E-state index contributed by atoms with van der Waals surface area (Å²) in [7, 11) is 0. The Bertz CT molecular complexity index is 464. The monoisotopic (exact) mass is 250 g/mol. The summed E-state index contributed by atoms with van der Waals surface area (Å²) in [5, 5.41) is 0. The molecule has 0 radical (unpaired) electrons. The molecule has 0 saturated carbocycles. The second-order valence-electron chi connectivity index (χ2n) is 4.58. The maximum atomic E-state index is 12.5. The van der Waals surface area contributed by atoms with Crippen LogP contribution < -0.4 is 9.47 Å². The molecule has 2 heterocycles. The number of fused-ring (bicyclic) bond motifs is 1. The van der Waals surface area contributed by atoms with Gasteiger partial charge >= 0.3 is 0 Å². The number of benzene rings is 1. The van der Waals surface area contributed by atoms with E-state index in [1.54, 1.807) is 17.8 Å². The van der Waals surface area contributed by atoms with Crippen LogP contribution in [0.1, 0.15) is 30.1 Å². The minimum absolute atomic E-state index is 0.207. The predicted octanol–water partition coefficient (Wildman–Crippen LogP) is 2.88. The van der Waals surface area contributed by atoms with Gasteiger partial charge in [-0.15, -0.1) is 11.8 Å². The first kappa shape index (κ1) is 11.0. The zero-order valence-electron chi connectivity index (χ0n) is 9.69. The molecule has 1 fully saturated rings. The molecule has 0 spiro atoms. The lowest BCUT2D eigenvalue weighted by atomic mass is 9.94. The van der Waals surface area contributed by atoms with Gasteiger partial charge in [0.25, 0.3) is 0 Å². The standard InChI is InChI=1S/C13H14O3S/c1-13(5-2-6-17-13)12(14)9-3-4-10-11(7-9)16-8-15-10/h3-4,7H,2,5-6,8H2,1H3. The summed E-state index contributed by atoms with van der Waals surface area (Å²) in [4.78, 5) is 12.5. The van der Waals surface area contributed by atoms with Gasteiger partial charge in [0.2, 0.25) is 6.79 Å². The van der Waals surface area contributed by atoms with Crippen molar-refractivity contribution in [2.45, 2.75) is 24.5 Å². The second kappa shape index (κ2) is 3.95. The van der Waals surface area contributed by atoms with Crippen LogP contribution >= 0.6 is 11.8 Å². The third kappa shape index (κ3) is 1.80. The molecule has 1 atom stereocenters. The van der Waals surface area contributed by atoms with Gasteiger partial charge in [0.05, 0.1) is 4.75 Å². The summed E-state index contributed by atoms with van der Waals surface area (Å²) in [6.07, 6.45) is 2.09. The third-order valence-corrected chi connectivity index (χ3v) is 4.85. The van der Waals surface area contributed by atoms with Crippen molar-refractivity contribution in [3.8, 4) is 11.5 Å². The van der Waals surface area contributed by atoms with Crippen LogP contribution in [0.5, 0.6) is 11.5 Å². The minimum Gasteiger partial charge on any atom is -0.454 e. The van der Waals surface area contributed by atoms with Crippen LogP contribution in [0.2, 0.25) is 0 Å². The summed E-state index contributed by atoms with van der Waals surface area (Å²) in [5.74, 6) is 2.69. The highest BCUT2D eigenvalue weighted by Crippen LogP contribution is 2.41. The number of carbonyl (C=O) groups is 1. The number of carbonyl (C=O) groups excluding carboxylic acids is 1. The molecule has 2 aliphatic heterocycles. The van der Waals surface area contributed by atoms with Crippen LogP contribution in [0.25, 0.3) is 0 Å². The molecule has 3 nitrogen and oxygen atoms in total. The molecule has 3 rings (SSSR count). The molecular formula is C13H14O3S. The van der Waals surface area contributed by atoms with Gasteiger partial charge in [-0.25, -0.2) is 0 Å². The highest BCUT2D eigenvalue weighted by molar-refractivity contribution is 8.01. The topological polar surface area (TPSA) is 35.5 Å². The molecule has 1 unspecified atom stereocenters. The Morgan fingerprint density at radius 2 is 2.18 bits per heavy atom. The number of hydrogen-bond acceptors (Lipinski definition) is 4. The lowest BCUT2D eigenvalue weighted by Gasteiger charge is -2.20. The van der Waals surface area contributed by atoms with Gasteiger partial charge in [0, 0.05) is 5.56 Å². The smallest absolute Gasteiger partial charge is 0.231 e. The molecule has 0 N–H and O–H groups in total. The molecule has 1 saturated heterocycles. The van der Waals surface area contributed by atoms with Crippen LogP contribution in [0.3, 0.4) is 0 Å². The van der Waals surface area contributed by atoms with Crippen molar-refractivity contribution in [3.63, 3.8) is 0 Å². The van der Waals surface area contributed by atoms with Crippen LogP contribution in [0, 0.1) is 0 Å². The quantitative estimate of drug-likeness (QED) is 0.756. The first-order valence-corrected chi connectivity index (χ1v) is 6.76. The van der Waals surface area contributed by atoms with E-state index in [9.17, 15) is 4.79 Å². The lowest BCUT2D eigenvalue weighted by Crippen LogP contribution is -2.28. The second-order valence-corrected chi connectivity index (χ2v) is 6.18. The lowest BCUT2D eigenvalue weighted by molar-refractivity contribution is 0.0948. The van der Waals surface area contributed by atoms with E-state index in [0.29, 0.717) is 5.75 Å².